The molecule has 5 nitrogen and oxygen atoms in total. The van der Waals surface area contributed by atoms with Gasteiger partial charge in [0.2, 0.25) is 11.8 Å². The van der Waals surface area contributed by atoms with Crippen LogP contribution in [0.3, 0.4) is 0 Å². The second-order valence-corrected chi connectivity index (χ2v) is 6.81. The van der Waals surface area contributed by atoms with Crippen molar-refractivity contribution in [3.05, 3.63) is 27.8 Å². The molecular formula is C13H12INO4S. The zero-order chi connectivity index (χ0) is 14.7. The van der Waals surface area contributed by atoms with Crippen LogP contribution in [-0.4, -0.2) is 33.9 Å². The Balaban J connectivity index is 2.05. The Labute approximate surface area is 133 Å². The summed E-state index contributed by atoms with van der Waals surface area (Å²) in [4.78, 5) is 35.8. The second kappa shape index (κ2) is 6.57. The van der Waals surface area contributed by atoms with Crippen LogP contribution in [0.25, 0.3) is 0 Å². The van der Waals surface area contributed by atoms with Crippen molar-refractivity contribution in [3.63, 3.8) is 0 Å². The quantitative estimate of drug-likeness (QED) is 0.600. The van der Waals surface area contributed by atoms with Crippen LogP contribution in [0.2, 0.25) is 0 Å². The Morgan fingerprint density at radius 2 is 2.00 bits per heavy atom. The summed E-state index contributed by atoms with van der Waals surface area (Å²) in [5.74, 6) is -1.06. The smallest absolute Gasteiger partial charge is 0.304 e. The lowest BCUT2D eigenvalue weighted by molar-refractivity contribution is -0.136. The molecule has 2 rings (SSSR count). The zero-order valence-corrected chi connectivity index (χ0v) is 13.4. The van der Waals surface area contributed by atoms with Gasteiger partial charge in [-0.2, -0.15) is 0 Å². The number of carboxylic acid groups (broad SMARTS) is 1. The third-order valence-electron chi connectivity index (χ3n) is 2.83. The lowest BCUT2D eigenvalue weighted by atomic mass is 10.3. The van der Waals surface area contributed by atoms with Crippen molar-refractivity contribution in [2.45, 2.75) is 18.1 Å². The normalized spacial score (nSPS) is 18.6. The number of carboxylic acids is 1. The Morgan fingerprint density at radius 3 is 2.60 bits per heavy atom. The molecule has 1 aliphatic heterocycles. The highest BCUT2D eigenvalue weighted by Gasteiger charge is 2.39. The highest BCUT2D eigenvalue weighted by molar-refractivity contribution is 14.1. The molecule has 1 aromatic carbocycles. The predicted octanol–water partition coefficient (Wildman–Crippen LogP) is 2.13. The van der Waals surface area contributed by atoms with Gasteiger partial charge in [0.05, 0.1) is 17.4 Å². The van der Waals surface area contributed by atoms with Crippen LogP contribution in [0, 0.1) is 3.57 Å². The number of aliphatic carboxylic acids is 1. The first-order valence-electron chi connectivity index (χ1n) is 5.95. The fourth-order valence-electron chi connectivity index (χ4n) is 1.88. The van der Waals surface area contributed by atoms with Gasteiger partial charge in [0.25, 0.3) is 0 Å². The summed E-state index contributed by atoms with van der Waals surface area (Å²) < 4.78 is 1.03. The number of carbonyl (C=O) groups excluding carboxylic acids is 2. The van der Waals surface area contributed by atoms with E-state index in [9.17, 15) is 14.4 Å². The third kappa shape index (κ3) is 3.51. The van der Waals surface area contributed by atoms with Crippen molar-refractivity contribution >= 4 is 57.8 Å². The average Bonchev–Trinajstić information content (AvgIpc) is 2.66. The molecule has 0 spiro atoms. The van der Waals surface area contributed by atoms with Gasteiger partial charge in [0.1, 0.15) is 0 Å². The van der Waals surface area contributed by atoms with E-state index in [0.29, 0.717) is 11.4 Å². The largest absolute Gasteiger partial charge is 0.481 e. The topological polar surface area (TPSA) is 74.7 Å². The molecule has 0 radical (unpaired) electrons. The number of hydrogen-bond acceptors (Lipinski definition) is 4. The summed E-state index contributed by atoms with van der Waals surface area (Å²) in [5, 5.41) is 8.11. The molecule has 1 fully saturated rings. The van der Waals surface area contributed by atoms with E-state index in [4.69, 9.17) is 5.11 Å². The number of nitrogens with zero attached hydrogens (tertiary/aromatic N) is 1. The van der Waals surface area contributed by atoms with Crippen LogP contribution >= 0.6 is 34.4 Å². The maximum Gasteiger partial charge on any atom is 0.304 e. The summed E-state index contributed by atoms with van der Waals surface area (Å²) in [5.41, 5.74) is 0.571. The Hall–Kier alpha value is -1.09. The Morgan fingerprint density at radius 1 is 1.35 bits per heavy atom. The van der Waals surface area contributed by atoms with Gasteiger partial charge in [-0.05, 0) is 46.9 Å². The maximum atomic E-state index is 12.2. The molecule has 20 heavy (non-hydrogen) atoms. The maximum absolute atomic E-state index is 12.2. The summed E-state index contributed by atoms with van der Waals surface area (Å²) in [6, 6.07) is 7.15. The van der Waals surface area contributed by atoms with Crippen molar-refractivity contribution in [1.82, 2.24) is 0 Å². The minimum atomic E-state index is -0.899. The standard InChI is InChI=1S/C13H12INO4S/c14-8-1-3-9(4-2-8)15-11(16)7-10(13(15)19)20-6-5-12(17)18/h1-4,10H,5-7H2,(H,17,18). The monoisotopic (exact) mass is 405 g/mol. The van der Waals surface area contributed by atoms with E-state index in [2.05, 4.69) is 22.6 Å². The molecule has 0 aliphatic carbocycles. The highest BCUT2D eigenvalue weighted by Crippen LogP contribution is 2.30. The molecule has 1 unspecified atom stereocenters. The molecule has 1 saturated heterocycles. The van der Waals surface area contributed by atoms with Gasteiger partial charge in [-0.25, -0.2) is 4.90 Å². The number of carbonyl (C=O) groups is 3. The lowest BCUT2D eigenvalue weighted by Gasteiger charge is -2.14. The number of rotatable bonds is 5. The molecule has 0 bridgehead atoms. The van der Waals surface area contributed by atoms with Crippen LogP contribution in [0.15, 0.2) is 24.3 Å². The number of hydrogen-bond donors (Lipinski definition) is 1. The first kappa shape index (κ1) is 15.3. The van der Waals surface area contributed by atoms with Crippen LogP contribution in [-0.2, 0) is 14.4 Å². The molecule has 0 aromatic heterocycles. The van der Waals surface area contributed by atoms with Crippen LogP contribution < -0.4 is 4.90 Å². The van der Waals surface area contributed by atoms with E-state index in [-0.39, 0.29) is 24.7 Å². The van der Waals surface area contributed by atoms with Crippen LogP contribution in [0.1, 0.15) is 12.8 Å². The SMILES string of the molecule is O=C(O)CCSC1CC(=O)N(c2ccc(I)cc2)C1=O. The van der Waals surface area contributed by atoms with E-state index in [1.54, 1.807) is 12.1 Å². The highest BCUT2D eigenvalue weighted by atomic mass is 127. The minimum absolute atomic E-state index is 0.00777. The van der Waals surface area contributed by atoms with Crippen molar-refractivity contribution in [3.8, 4) is 0 Å². The molecule has 7 heteroatoms. The summed E-state index contributed by atoms with van der Waals surface area (Å²) in [7, 11) is 0. The van der Waals surface area contributed by atoms with Crippen LogP contribution in [0.4, 0.5) is 5.69 Å². The van der Waals surface area contributed by atoms with E-state index >= 15 is 0 Å². The summed E-state index contributed by atoms with van der Waals surface area (Å²) in [6.45, 7) is 0. The molecule has 1 heterocycles. The fourth-order valence-corrected chi connectivity index (χ4v) is 3.33. The van der Waals surface area contributed by atoms with E-state index in [1.165, 1.54) is 16.7 Å². The molecule has 1 aromatic rings. The lowest BCUT2D eigenvalue weighted by Crippen LogP contribution is -2.31. The molecular weight excluding hydrogens is 393 g/mol. The second-order valence-electron chi connectivity index (χ2n) is 4.25. The average molecular weight is 405 g/mol. The summed E-state index contributed by atoms with van der Waals surface area (Å²) >= 11 is 3.38. The molecule has 1 N–H and O–H groups in total. The van der Waals surface area contributed by atoms with Crippen molar-refractivity contribution < 1.29 is 19.5 Å². The summed E-state index contributed by atoms with van der Waals surface area (Å²) in [6.07, 6.45) is 0.126. The van der Waals surface area contributed by atoms with Gasteiger partial charge >= 0.3 is 5.97 Å². The fraction of sp³-hybridized carbons (Fsp3) is 0.308. The van der Waals surface area contributed by atoms with Gasteiger partial charge in [-0.1, -0.05) is 0 Å². The molecule has 1 aliphatic rings. The number of thioether (sulfide) groups is 1. The van der Waals surface area contributed by atoms with Gasteiger partial charge in [-0.15, -0.1) is 11.8 Å². The molecule has 2 amide bonds. The minimum Gasteiger partial charge on any atom is -0.481 e. The Bertz CT molecular complexity index is 546. The van der Waals surface area contributed by atoms with Crippen LogP contribution in [0.5, 0.6) is 0 Å². The number of imide groups is 1. The van der Waals surface area contributed by atoms with Crippen molar-refractivity contribution in [2.75, 3.05) is 10.7 Å². The molecule has 0 saturated carbocycles. The first-order valence-corrected chi connectivity index (χ1v) is 8.07. The van der Waals surface area contributed by atoms with Crippen molar-refractivity contribution in [1.29, 1.82) is 0 Å². The van der Waals surface area contributed by atoms with E-state index < -0.39 is 11.2 Å². The first-order chi connectivity index (χ1) is 9.49. The molecule has 1 atom stereocenters. The number of amides is 2. The zero-order valence-electron chi connectivity index (χ0n) is 10.4. The van der Waals surface area contributed by atoms with E-state index in [1.807, 2.05) is 12.1 Å². The van der Waals surface area contributed by atoms with E-state index in [0.717, 1.165) is 3.57 Å². The number of halogens is 1. The van der Waals surface area contributed by atoms with Gasteiger partial charge in [0, 0.05) is 15.7 Å². The number of benzene rings is 1. The van der Waals surface area contributed by atoms with Gasteiger partial charge < -0.3 is 5.11 Å². The predicted molar refractivity (Wildman–Crippen MR) is 84.8 cm³/mol. The van der Waals surface area contributed by atoms with Gasteiger partial charge in [-0.3, -0.25) is 14.4 Å². The Kier molecular flexibility index (Phi) is 5.03. The van der Waals surface area contributed by atoms with Gasteiger partial charge in [0.15, 0.2) is 0 Å². The third-order valence-corrected chi connectivity index (χ3v) is 4.75. The number of anilines is 1. The van der Waals surface area contributed by atoms with Crippen molar-refractivity contribution in [2.24, 2.45) is 0 Å². The molecule has 106 valence electrons.